The standard InChI is InChI=1S/C30H24N4O4/c31-29(37)26(16-19-4-2-1-3-5-19)33-30(38)25-18-34(22-7-9-23(35)10-8-22)27-17-21(6-11-24(27)28(25)36)20-12-14-32-15-13-20/h1-15,17-18,26,35H,16H2,(H2,31,37)(H,33,38)/t26-/m0/s1. The number of nitrogens with zero attached hydrogens (tertiary/aromatic N) is 2. The van der Waals surface area contributed by atoms with Crippen LogP contribution in [0.2, 0.25) is 0 Å². The Labute approximate surface area is 218 Å². The third kappa shape index (κ3) is 5.01. The fourth-order valence-corrected chi connectivity index (χ4v) is 4.35. The molecule has 5 aromatic rings. The van der Waals surface area contributed by atoms with Gasteiger partial charge in [0.15, 0.2) is 0 Å². The Morgan fingerprint density at radius 3 is 2.32 bits per heavy atom. The van der Waals surface area contributed by atoms with Gasteiger partial charge in [0.2, 0.25) is 11.3 Å². The third-order valence-corrected chi connectivity index (χ3v) is 6.32. The van der Waals surface area contributed by atoms with Crippen molar-refractivity contribution in [3.8, 4) is 22.6 Å². The zero-order valence-corrected chi connectivity index (χ0v) is 20.2. The van der Waals surface area contributed by atoms with E-state index in [1.165, 1.54) is 18.3 Å². The molecule has 0 radical (unpaired) electrons. The summed E-state index contributed by atoms with van der Waals surface area (Å²) < 4.78 is 1.71. The highest BCUT2D eigenvalue weighted by Crippen LogP contribution is 2.26. The highest BCUT2D eigenvalue weighted by Gasteiger charge is 2.23. The van der Waals surface area contributed by atoms with Gasteiger partial charge in [-0.05, 0) is 65.2 Å². The van der Waals surface area contributed by atoms with Crippen LogP contribution in [0, 0.1) is 0 Å². The minimum atomic E-state index is -1.00. The molecule has 0 aliphatic heterocycles. The van der Waals surface area contributed by atoms with Crippen molar-refractivity contribution in [1.82, 2.24) is 14.9 Å². The van der Waals surface area contributed by atoms with Crippen molar-refractivity contribution >= 4 is 22.7 Å². The van der Waals surface area contributed by atoms with E-state index in [0.29, 0.717) is 16.6 Å². The monoisotopic (exact) mass is 504 g/mol. The molecular weight excluding hydrogens is 480 g/mol. The van der Waals surface area contributed by atoms with Crippen molar-refractivity contribution in [2.45, 2.75) is 12.5 Å². The molecule has 38 heavy (non-hydrogen) atoms. The van der Waals surface area contributed by atoms with Crippen molar-refractivity contribution < 1.29 is 14.7 Å². The fraction of sp³-hybridized carbons (Fsp3) is 0.0667. The second-order valence-corrected chi connectivity index (χ2v) is 8.84. The molecule has 5 rings (SSSR count). The first kappa shape index (κ1) is 24.5. The number of carbonyl (C=O) groups is 2. The van der Waals surface area contributed by atoms with E-state index in [2.05, 4.69) is 10.3 Å². The van der Waals surface area contributed by atoms with Gasteiger partial charge in [0.1, 0.15) is 17.4 Å². The predicted molar refractivity (Wildman–Crippen MR) is 145 cm³/mol. The average molecular weight is 505 g/mol. The second kappa shape index (κ2) is 10.4. The molecule has 0 bridgehead atoms. The van der Waals surface area contributed by atoms with E-state index >= 15 is 0 Å². The molecule has 1 atom stereocenters. The van der Waals surface area contributed by atoms with E-state index in [9.17, 15) is 19.5 Å². The Balaban J connectivity index is 1.61. The maximum atomic E-state index is 13.5. The Kier molecular flexibility index (Phi) is 6.69. The predicted octanol–water partition coefficient (Wildman–Crippen LogP) is 3.58. The van der Waals surface area contributed by atoms with Crippen LogP contribution in [-0.4, -0.2) is 32.5 Å². The lowest BCUT2D eigenvalue weighted by Crippen LogP contribution is -2.47. The van der Waals surface area contributed by atoms with Gasteiger partial charge in [-0.25, -0.2) is 0 Å². The van der Waals surface area contributed by atoms with E-state index in [1.807, 2.05) is 54.6 Å². The Hall–Kier alpha value is -5.24. The highest BCUT2D eigenvalue weighted by atomic mass is 16.3. The molecule has 2 aromatic heterocycles. The summed E-state index contributed by atoms with van der Waals surface area (Å²) in [5.74, 6) is -1.33. The van der Waals surface area contributed by atoms with Crippen LogP contribution in [0.5, 0.6) is 5.75 Å². The van der Waals surface area contributed by atoms with E-state index < -0.39 is 23.3 Å². The molecule has 3 aromatic carbocycles. The smallest absolute Gasteiger partial charge is 0.257 e. The van der Waals surface area contributed by atoms with Crippen LogP contribution in [-0.2, 0) is 11.2 Å². The molecule has 188 valence electrons. The van der Waals surface area contributed by atoms with Crippen LogP contribution in [0.25, 0.3) is 27.7 Å². The number of benzene rings is 3. The van der Waals surface area contributed by atoms with Crippen LogP contribution in [0.15, 0.2) is 108 Å². The number of hydrogen-bond acceptors (Lipinski definition) is 5. The molecule has 2 heterocycles. The van der Waals surface area contributed by atoms with Crippen molar-refractivity contribution in [2.24, 2.45) is 5.73 Å². The van der Waals surface area contributed by atoms with E-state index in [0.717, 1.165) is 16.7 Å². The summed E-state index contributed by atoms with van der Waals surface area (Å²) in [6, 6.07) is 23.6. The number of aromatic nitrogens is 2. The van der Waals surface area contributed by atoms with Crippen molar-refractivity contribution in [3.63, 3.8) is 0 Å². The largest absolute Gasteiger partial charge is 0.508 e. The number of aromatic hydroxyl groups is 1. The lowest BCUT2D eigenvalue weighted by atomic mass is 10.0. The second-order valence-electron chi connectivity index (χ2n) is 8.84. The summed E-state index contributed by atoms with van der Waals surface area (Å²) >= 11 is 0. The number of fused-ring (bicyclic) bond motifs is 1. The molecule has 0 fully saturated rings. The molecule has 8 heteroatoms. The number of phenolic OH excluding ortho intramolecular Hbond substituents is 1. The number of rotatable bonds is 7. The molecule has 0 aliphatic carbocycles. The zero-order valence-electron chi connectivity index (χ0n) is 20.2. The van der Waals surface area contributed by atoms with Gasteiger partial charge in [0, 0.05) is 36.1 Å². The Morgan fingerprint density at radius 1 is 0.921 bits per heavy atom. The summed E-state index contributed by atoms with van der Waals surface area (Å²) in [4.78, 5) is 43.1. The first-order valence-electron chi connectivity index (χ1n) is 11.9. The van der Waals surface area contributed by atoms with Gasteiger partial charge >= 0.3 is 0 Å². The highest BCUT2D eigenvalue weighted by molar-refractivity contribution is 6.00. The number of nitrogens with two attached hydrogens (primary N) is 1. The summed E-state index contributed by atoms with van der Waals surface area (Å²) in [7, 11) is 0. The van der Waals surface area contributed by atoms with Crippen LogP contribution < -0.4 is 16.5 Å². The van der Waals surface area contributed by atoms with Crippen LogP contribution >= 0.6 is 0 Å². The Morgan fingerprint density at radius 2 is 1.63 bits per heavy atom. The molecule has 0 spiro atoms. The lowest BCUT2D eigenvalue weighted by Gasteiger charge is -2.18. The summed E-state index contributed by atoms with van der Waals surface area (Å²) in [5.41, 5.74) is 8.77. The first-order valence-corrected chi connectivity index (χ1v) is 11.9. The molecule has 0 unspecified atom stereocenters. The molecule has 0 saturated carbocycles. The van der Waals surface area contributed by atoms with Gasteiger partial charge in [0.25, 0.3) is 5.91 Å². The number of amides is 2. The third-order valence-electron chi connectivity index (χ3n) is 6.32. The quantitative estimate of drug-likeness (QED) is 0.312. The van der Waals surface area contributed by atoms with Gasteiger partial charge in [-0.3, -0.25) is 19.4 Å². The number of primary amides is 1. The summed E-state index contributed by atoms with van der Waals surface area (Å²) in [5, 5.41) is 12.8. The average Bonchev–Trinajstić information content (AvgIpc) is 2.94. The van der Waals surface area contributed by atoms with Gasteiger partial charge in [-0.15, -0.1) is 0 Å². The molecule has 8 nitrogen and oxygen atoms in total. The van der Waals surface area contributed by atoms with E-state index in [-0.39, 0.29) is 17.7 Å². The van der Waals surface area contributed by atoms with Crippen molar-refractivity contribution in [1.29, 1.82) is 0 Å². The number of pyridine rings is 2. The first-order chi connectivity index (χ1) is 18.4. The zero-order chi connectivity index (χ0) is 26.6. The van der Waals surface area contributed by atoms with Crippen molar-refractivity contribution in [2.75, 3.05) is 0 Å². The van der Waals surface area contributed by atoms with Crippen LogP contribution in [0.4, 0.5) is 0 Å². The Bertz CT molecular complexity index is 1680. The van der Waals surface area contributed by atoms with E-state index in [4.69, 9.17) is 5.73 Å². The normalized spacial score (nSPS) is 11.7. The maximum Gasteiger partial charge on any atom is 0.257 e. The topological polar surface area (TPSA) is 127 Å². The summed E-state index contributed by atoms with van der Waals surface area (Å²) in [6.07, 6.45) is 5.01. The lowest BCUT2D eigenvalue weighted by molar-refractivity contribution is -0.119. The SMILES string of the molecule is NC(=O)[C@H](Cc1ccccc1)NC(=O)c1cn(-c2ccc(O)cc2)c2cc(-c3ccncc3)ccc2c1=O. The van der Waals surface area contributed by atoms with Crippen molar-refractivity contribution in [3.05, 3.63) is 125 Å². The van der Waals surface area contributed by atoms with Gasteiger partial charge in [0.05, 0.1) is 5.52 Å². The molecule has 0 aliphatic rings. The van der Waals surface area contributed by atoms with Gasteiger partial charge < -0.3 is 20.7 Å². The number of hydrogen-bond donors (Lipinski definition) is 3. The maximum absolute atomic E-state index is 13.5. The molecule has 4 N–H and O–H groups in total. The molecular formula is C30H24N4O4. The molecule has 0 saturated heterocycles. The summed E-state index contributed by atoms with van der Waals surface area (Å²) in [6.45, 7) is 0. The number of phenols is 1. The number of nitrogens with one attached hydrogen (secondary N) is 1. The molecule has 2 amide bonds. The van der Waals surface area contributed by atoms with Crippen LogP contribution in [0.3, 0.4) is 0 Å². The minimum Gasteiger partial charge on any atom is -0.508 e. The fourth-order valence-electron chi connectivity index (χ4n) is 4.35. The van der Waals surface area contributed by atoms with Crippen LogP contribution in [0.1, 0.15) is 15.9 Å². The number of carbonyl (C=O) groups excluding carboxylic acids is 2. The van der Waals surface area contributed by atoms with Gasteiger partial charge in [-0.2, -0.15) is 0 Å². The minimum absolute atomic E-state index is 0.0831. The van der Waals surface area contributed by atoms with Gasteiger partial charge in [-0.1, -0.05) is 36.4 Å². The van der Waals surface area contributed by atoms with E-state index in [1.54, 1.807) is 35.2 Å².